The molecule has 1 aromatic rings. The summed E-state index contributed by atoms with van der Waals surface area (Å²) in [6.45, 7) is 3.84. The summed E-state index contributed by atoms with van der Waals surface area (Å²) in [5.74, 6) is 0.0158. The van der Waals surface area contributed by atoms with Gasteiger partial charge in [-0.2, -0.15) is 0 Å². The fraction of sp³-hybridized carbons (Fsp3) is 0.600. The van der Waals surface area contributed by atoms with E-state index in [1.807, 2.05) is 6.92 Å². The van der Waals surface area contributed by atoms with Crippen molar-refractivity contribution in [1.29, 1.82) is 0 Å². The molecule has 0 spiro atoms. The van der Waals surface area contributed by atoms with Crippen LogP contribution in [-0.2, 0) is 11.3 Å². The number of nitro groups is 1. The molecule has 0 aliphatic heterocycles. The number of imidazole rings is 1. The number of hydrogen-bond donors (Lipinski definition) is 1. The van der Waals surface area contributed by atoms with E-state index in [1.54, 1.807) is 14.0 Å². The molecular formula is C10H18ClN5O3. The maximum absolute atomic E-state index is 11.9. The summed E-state index contributed by atoms with van der Waals surface area (Å²) in [5, 5.41) is 10.6. The fourth-order valence-electron chi connectivity index (χ4n) is 1.40. The predicted molar refractivity (Wildman–Crippen MR) is 72.2 cm³/mol. The van der Waals surface area contributed by atoms with Gasteiger partial charge in [0, 0.05) is 26.6 Å². The van der Waals surface area contributed by atoms with Gasteiger partial charge in [0.15, 0.2) is 0 Å². The Bertz CT molecular complexity index is 462. The summed E-state index contributed by atoms with van der Waals surface area (Å²) in [7, 11) is 1.65. The van der Waals surface area contributed by atoms with Gasteiger partial charge >= 0.3 is 5.82 Å². The van der Waals surface area contributed by atoms with E-state index in [2.05, 4.69) is 4.98 Å². The van der Waals surface area contributed by atoms with Crippen molar-refractivity contribution in [3.05, 3.63) is 22.1 Å². The summed E-state index contributed by atoms with van der Waals surface area (Å²) in [4.78, 5) is 27.1. The topological polar surface area (TPSA) is 107 Å². The van der Waals surface area contributed by atoms with Crippen LogP contribution in [0.3, 0.4) is 0 Å². The minimum absolute atomic E-state index is 0. The Morgan fingerprint density at radius 1 is 1.68 bits per heavy atom. The molecule has 108 valence electrons. The van der Waals surface area contributed by atoms with Crippen LogP contribution in [0.25, 0.3) is 0 Å². The first-order valence-corrected chi connectivity index (χ1v) is 5.50. The molecule has 19 heavy (non-hydrogen) atoms. The second kappa shape index (κ2) is 7.05. The maximum Gasteiger partial charge on any atom is 0.381 e. The number of rotatable bonds is 5. The molecular weight excluding hydrogens is 274 g/mol. The quantitative estimate of drug-likeness (QED) is 0.621. The Hall–Kier alpha value is -1.67. The molecule has 2 N–H and O–H groups in total. The molecule has 0 saturated carbocycles. The Balaban J connectivity index is 0.00000324. The second-order valence-electron chi connectivity index (χ2n) is 4.12. The number of nitrogens with two attached hydrogens (primary N) is 1. The molecule has 0 saturated heterocycles. The molecule has 1 rings (SSSR count). The van der Waals surface area contributed by atoms with Gasteiger partial charge < -0.3 is 20.7 Å². The molecule has 1 unspecified atom stereocenters. The highest BCUT2D eigenvalue weighted by atomic mass is 35.5. The minimum atomic E-state index is -0.583. The van der Waals surface area contributed by atoms with Crippen LogP contribution in [0.4, 0.5) is 5.82 Å². The lowest BCUT2D eigenvalue weighted by molar-refractivity contribution is -0.389. The summed E-state index contributed by atoms with van der Waals surface area (Å²) in [6, 6.07) is -0.0729. The van der Waals surface area contributed by atoms with E-state index in [4.69, 9.17) is 5.73 Å². The van der Waals surface area contributed by atoms with Gasteiger partial charge in [-0.15, -0.1) is 12.4 Å². The summed E-state index contributed by atoms with van der Waals surface area (Å²) >= 11 is 0. The molecule has 1 aromatic heterocycles. The lowest BCUT2D eigenvalue weighted by Crippen LogP contribution is -2.41. The van der Waals surface area contributed by atoms with Gasteiger partial charge in [0.2, 0.25) is 11.7 Å². The lowest BCUT2D eigenvalue weighted by atomic mass is 10.3. The molecule has 0 bridgehead atoms. The van der Waals surface area contributed by atoms with Crippen LogP contribution in [0.5, 0.6) is 0 Å². The molecule has 0 aromatic carbocycles. The third-order valence-electron chi connectivity index (χ3n) is 2.85. The van der Waals surface area contributed by atoms with Crippen molar-refractivity contribution < 1.29 is 9.72 Å². The molecule has 1 heterocycles. The molecule has 0 radical (unpaired) electrons. The van der Waals surface area contributed by atoms with Crippen LogP contribution in [-0.4, -0.2) is 44.9 Å². The number of amides is 1. The van der Waals surface area contributed by atoms with Crippen molar-refractivity contribution in [2.45, 2.75) is 26.4 Å². The summed E-state index contributed by atoms with van der Waals surface area (Å²) in [6.07, 6.45) is 1.26. The number of aryl methyl sites for hydroxylation is 1. The minimum Gasteiger partial charge on any atom is -0.358 e. The number of likely N-dealkylation sites (N-methyl/N-ethyl adjacent to an activating group) is 1. The zero-order valence-electron chi connectivity index (χ0n) is 11.1. The van der Waals surface area contributed by atoms with Crippen LogP contribution in [0.2, 0.25) is 0 Å². The molecule has 1 atom stereocenters. The highest BCUT2D eigenvalue weighted by Crippen LogP contribution is 2.10. The number of carbonyl (C=O) groups is 1. The molecule has 0 fully saturated rings. The Morgan fingerprint density at radius 2 is 2.26 bits per heavy atom. The van der Waals surface area contributed by atoms with Gasteiger partial charge in [-0.3, -0.25) is 9.36 Å². The smallest absolute Gasteiger partial charge is 0.358 e. The van der Waals surface area contributed by atoms with E-state index in [0.717, 1.165) is 0 Å². The Labute approximate surface area is 117 Å². The number of carbonyl (C=O) groups excluding carboxylic acids is 1. The number of halogens is 1. The summed E-state index contributed by atoms with van der Waals surface area (Å²) in [5.41, 5.74) is 5.48. The SMILES string of the molecule is Cc1nc([N+](=O)[O-])cn1CC(=O)N(C)C(C)CN.Cl. The summed E-state index contributed by atoms with van der Waals surface area (Å²) < 4.78 is 1.46. The monoisotopic (exact) mass is 291 g/mol. The zero-order valence-corrected chi connectivity index (χ0v) is 11.9. The number of hydrogen-bond acceptors (Lipinski definition) is 5. The van der Waals surface area contributed by atoms with E-state index in [1.165, 1.54) is 15.7 Å². The highest BCUT2D eigenvalue weighted by molar-refractivity contribution is 5.85. The lowest BCUT2D eigenvalue weighted by Gasteiger charge is -2.23. The van der Waals surface area contributed by atoms with Gasteiger partial charge in [-0.05, 0) is 16.8 Å². The van der Waals surface area contributed by atoms with E-state index in [0.29, 0.717) is 12.4 Å². The molecule has 0 aliphatic carbocycles. The van der Waals surface area contributed by atoms with Crippen LogP contribution in [0.15, 0.2) is 6.20 Å². The van der Waals surface area contributed by atoms with Crippen molar-refractivity contribution in [2.75, 3.05) is 13.6 Å². The Kier molecular flexibility index (Phi) is 6.43. The first-order valence-electron chi connectivity index (χ1n) is 5.50. The van der Waals surface area contributed by atoms with Crippen LogP contribution in [0, 0.1) is 17.0 Å². The van der Waals surface area contributed by atoms with E-state index < -0.39 is 4.92 Å². The molecule has 8 nitrogen and oxygen atoms in total. The average Bonchev–Trinajstić information content (AvgIpc) is 2.69. The van der Waals surface area contributed by atoms with E-state index >= 15 is 0 Å². The van der Waals surface area contributed by atoms with Gasteiger partial charge in [-0.1, -0.05) is 0 Å². The maximum atomic E-state index is 11.9. The number of nitrogens with zero attached hydrogens (tertiary/aromatic N) is 4. The predicted octanol–water partition coefficient (Wildman–Crippen LogP) is 0.327. The van der Waals surface area contributed by atoms with Crippen molar-refractivity contribution in [3.63, 3.8) is 0 Å². The standard InChI is InChI=1S/C10H17N5O3.ClH/c1-7(4-11)13(3)10(16)6-14-5-9(15(17)18)12-8(14)2;/h5,7H,4,6,11H2,1-3H3;1H. The van der Waals surface area contributed by atoms with Crippen molar-refractivity contribution in [2.24, 2.45) is 5.73 Å². The average molecular weight is 292 g/mol. The fourth-order valence-corrected chi connectivity index (χ4v) is 1.40. The third kappa shape index (κ3) is 4.18. The first kappa shape index (κ1) is 17.3. The van der Waals surface area contributed by atoms with E-state index in [9.17, 15) is 14.9 Å². The largest absolute Gasteiger partial charge is 0.381 e. The van der Waals surface area contributed by atoms with E-state index in [-0.39, 0.29) is 36.7 Å². The van der Waals surface area contributed by atoms with Crippen LogP contribution < -0.4 is 5.73 Å². The Morgan fingerprint density at radius 3 is 2.68 bits per heavy atom. The second-order valence-corrected chi connectivity index (χ2v) is 4.12. The van der Waals surface area contributed by atoms with Crippen molar-refractivity contribution >= 4 is 24.1 Å². The van der Waals surface area contributed by atoms with Gasteiger partial charge in [0.1, 0.15) is 12.7 Å². The molecule has 0 aliphatic rings. The number of aromatic nitrogens is 2. The first-order chi connectivity index (χ1) is 8.36. The third-order valence-corrected chi connectivity index (χ3v) is 2.85. The molecule has 9 heteroatoms. The molecule has 1 amide bonds. The zero-order chi connectivity index (χ0) is 13.9. The highest BCUT2D eigenvalue weighted by Gasteiger charge is 2.20. The van der Waals surface area contributed by atoms with Gasteiger partial charge in [0.05, 0.1) is 0 Å². The van der Waals surface area contributed by atoms with Crippen LogP contribution in [0.1, 0.15) is 12.7 Å². The van der Waals surface area contributed by atoms with Gasteiger partial charge in [0.25, 0.3) is 0 Å². The van der Waals surface area contributed by atoms with Crippen molar-refractivity contribution in [3.8, 4) is 0 Å². The van der Waals surface area contributed by atoms with Gasteiger partial charge in [-0.25, -0.2) is 0 Å². The normalized spacial score (nSPS) is 11.6. The van der Waals surface area contributed by atoms with Crippen LogP contribution >= 0.6 is 12.4 Å². The van der Waals surface area contributed by atoms with Crippen molar-refractivity contribution in [1.82, 2.24) is 14.5 Å².